The predicted octanol–water partition coefficient (Wildman–Crippen LogP) is 5.32. The number of fused-ring (bicyclic) bond motifs is 1. The van der Waals surface area contributed by atoms with E-state index in [0.717, 1.165) is 82.3 Å². The molecule has 6 rings (SSSR count). The molecule has 3 atom stereocenters. The van der Waals surface area contributed by atoms with Crippen molar-refractivity contribution in [1.29, 1.82) is 0 Å². The first kappa shape index (κ1) is 34.1. The fraction of sp³-hybridized carbons (Fsp3) is 0.703. The van der Waals surface area contributed by atoms with Crippen LogP contribution >= 0.6 is 0 Å². The van der Waals surface area contributed by atoms with E-state index in [0.29, 0.717) is 37.5 Å². The third-order valence-corrected chi connectivity index (χ3v) is 11.3. The van der Waals surface area contributed by atoms with Crippen molar-refractivity contribution in [1.82, 2.24) is 9.80 Å². The lowest BCUT2D eigenvalue weighted by Gasteiger charge is -2.37. The molecule has 0 bridgehead atoms. The molecule has 47 heavy (non-hydrogen) atoms. The van der Waals surface area contributed by atoms with Gasteiger partial charge in [-0.3, -0.25) is 14.5 Å². The average Bonchev–Trinajstić information content (AvgIpc) is 3.75. The summed E-state index contributed by atoms with van der Waals surface area (Å²) < 4.78 is 29.8. The van der Waals surface area contributed by atoms with Gasteiger partial charge in [-0.05, 0) is 80.0 Å². The third kappa shape index (κ3) is 8.26. The highest BCUT2D eigenvalue weighted by Gasteiger charge is 2.46. The maximum atomic E-state index is 14.2. The Hall–Kier alpha value is -2.82. The largest absolute Gasteiger partial charge is 0.460 e. The van der Waals surface area contributed by atoms with Gasteiger partial charge < -0.3 is 24.5 Å². The molecule has 4 fully saturated rings. The Balaban J connectivity index is 1.10. The molecule has 1 unspecified atom stereocenters. The molecule has 1 aromatic carbocycles. The number of nitrogens with two attached hydrogens (primary N) is 1. The number of hydrogen-bond donors (Lipinski definition) is 1. The van der Waals surface area contributed by atoms with Crippen LogP contribution in [-0.2, 0) is 25.5 Å². The topological polar surface area (TPSA) is 115 Å². The Kier molecular flexibility index (Phi) is 11.6. The maximum Gasteiger partial charge on any atom is 0.374 e. The number of carbonyl (C=O) groups is 3. The number of morpholine rings is 1. The molecule has 3 heterocycles. The minimum atomic E-state index is -0.527. The van der Waals surface area contributed by atoms with Gasteiger partial charge in [-0.2, -0.15) is 0 Å². The number of rotatable bonds is 12. The van der Waals surface area contributed by atoms with Gasteiger partial charge in [0, 0.05) is 49.9 Å². The van der Waals surface area contributed by atoms with Crippen molar-refractivity contribution >= 4 is 28.6 Å². The fourth-order valence-electron chi connectivity index (χ4n) is 8.64. The number of Topliss-reactive ketones (excluding diaryl/α,β-unsaturated/α-hetero) is 1. The highest BCUT2D eigenvalue weighted by Crippen LogP contribution is 2.41. The number of ether oxygens (including phenoxy) is 2. The first-order chi connectivity index (χ1) is 22.9. The van der Waals surface area contributed by atoms with Gasteiger partial charge in [-0.1, -0.05) is 38.2 Å². The molecule has 1 amide bonds. The van der Waals surface area contributed by atoms with Gasteiger partial charge in [-0.25, -0.2) is 9.18 Å². The van der Waals surface area contributed by atoms with E-state index in [1.807, 2.05) is 23.1 Å². The van der Waals surface area contributed by atoms with Crippen LogP contribution in [-0.4, -0.2) is 92.2 Å². The number of likely N-dealkylation sites (tertiary alicyclic amines) is 1. The lowest BCUT2D eigenvalue weighted by molar-refractivity contribution is -0.143. The van der Waals surface area contributed by atoms with Crippen LogP contribution < -0.4 is 5.73 Å². The second-order valence-electron chi connectivity index (χ2n) is 14.3. The van der Waals surface area contributed by atoms with Crippen molar-refractivity contribution in [2.45, 2.75) is 89.1 Å². The van der Waals surface area contributed by atoms with Crippen molar-refractivity contribution in [2.75, 3.05) is 52.7 Å². The zero-order valence-corrected chi connectivity index (χ0v) is 27.7. The number of hydrogen-bond acceptors (Lipinski definition) is 8. The molecule has 2 saturated heterocycles. The number of halogens is 1. The van der Waals surface area contributed by atoms with Crippen LogP contribution in [0.1, 0.15) is 86.7 Å². The molecule has 0 spiro atoms. The summed E-state index contributed by atoms with van der Waals surface area (Å²) in [5.74, 6) is 0.486. The van der Waals surface area contributed by atoms with Crippen LogP contribution in [0.5, 0.6) is 0 Å². The Morgan fingerprint density at radius 2 is 1.72 bits per heavy atom. The zero-order valence-electron chi connectivity index (χ0n) is 27.7. The normalized spacial score (nSPS) is 26.8. The van der Waals surface area contributed by atoms with Gasteiger partial charge in [0.2, 0.25) is 11.7 Å². The molecule has 1 aromatic heterocycles. The van der Waals surface area contributed by atoms with Crippen LogP contribution in [0.25, 0.3) is 11.0 Å². The van der Waals surface area contributed by atoms with Gasteiger partial charge in [0.05, 0.1) is 25.9 Å². The molecule has 2 saturated carbocycles. The molecule has 10 heteroatoms. The second kappa shape index (κ2) is 16.1. The van der Waals surface area contributed by atoms with E-state index in [-0.39, 0.29) is 41.6 Å². The van der Waals surface area contributed by atoms with Crippen molar-refractivity contribution in [2.24, 2.45) is 29.4 Å². The SMILES string of the molecule is NC(CF)C1CCC(C(=O)N2CC[C@@H](C3CCCCC3)[C@H]2C(=O)Cc2ccc3oc(C(=O)OCCCN4CCOCC4)cc3c2)CC1. The van der Waals surface area contributed by atoms with Gasteiger partial charge >= 0.3 is 5.97 Å². The van der Waals surface area contributed by atoms with E-state index in [2.05, 4.69) is 4.90 Å². The number of carbonyl (C=O) groups excluding carboxylic acids is 3. The maximum absolute atomic E-state index is 14.2. The summed E-state index contributed by atoms with van der Waals surface area (Å²) in [5.41, 5.74) is 7.39. The van der Waals surface area contributed by atoms with Gasteiger partial charge in [0.15, 0.2) is 5.78 Å². The highest BCUT2D eigenvalue weighted by atomic mass is 19.1. The first-order valence-corrected chi connectivity index (χ1v) is 18.1. The number of nitrogens with zero attached hydrogens (tertiary/aromatic N) is 2. The zero-order chi connectivity index (χ0) is 32.8. The van der Waals surface area contributed by atoms with E-state index < -0.39 is 24.7 Å². The van der Waals surface area contributed by atoms with E-state index in [1.165, 1.54) is 19.3 Å². The molecule has 2 aliphatic heterocycles. The lowest BCUT2D eigenvalue weighted by Crippen LogP contribution is -2.48. The fourth-order valence-corrected chi connectivity index (χ4v) is 8.64. The summed E-state index contributed by atoms with van der Waals surface area (Å²) in [5, 5.41) is 0.752. The predicted molar refractivity (Wildman–Crippen MR) is 177 cm³/mol. The molecule has 0 radical (unpaired) electrons. The summed E-state index contributed by atoms with van der Waals surface area (Å²) in [6.07, 6.45) is 10.6. The van der Waals surface area contributed by atoms with Crippen LogP contribution in [0.3, 0.4) is 0 Å². The quantitative estimate of drug-likeness (QED) is 0.242. The van der Waals surface area contributed by atoms with Gasteiger partial charge in [0.25, 0.3) is 0 Å². The average molecular weight is 654 g/mol. The number of ketones is 1. The van der Waals surface area contributed by atoms with Crippen LogP contribution in [0, 0.1) is 23.7 Å². The number of furan rings is 1. The van der Waals surface area contributed by atoms with Crippen molar-refractivity contribution < 1.29 is 32.7 Å². The van der Waals surface area contributed by atoms with Crippen LogP contribution in [0.15, 0.2) is 28.7 Å². The van der Waals surface area contributed by atoms with Gasteiger partial charge in [-0.15, -0.1) is 0 Å². The van der Waals surface area contributed by atoms with Crippen molar-refractivity contribution in [3.63, 3.8) is 0 Å². The highest BCUT2D eigenvalue weighted by molar-refractivity contribution is 5.94. The summed E-state index contributed by atoms with van der Waals surface area (Å²) in [7, 11) is 0. The number of benzene rings is 1. The van der Waals surface area contributed by atoms with Crippen LogP contribution in [0.2, 0.25) is 0 Å². The summed E-state index contributed by atoms with van der Waals surface area (Å²) in [6, 6.07) is 6.42. The van der Waals surface area contributed by atoms with Crippen molar-refractivity contribution in [3.05, 3.63) is 35.6 Å². The molecule has 258 valence electrons. The lowest BCUT2D eigenvalue weighted by atomic mass is 9.75. The molecule has 2 aromatic rings. The minimum Gasteiger partial charge on any atom is -0.460 e. The number of esters is 1. The van der Waals surface area contributed by atoms with E-state index in [1.54, 1.807) is 6.07 Å². The van der Waals surface area contributed by atoms with Gasteiger partial charge in [0.1, 0.15) is 12.3 Å². The van der Waals surface area contributed by atoms with Crippen LogP contribution in [0.4, 0.5) is 4.39 Å². The van der Waals surface area contributed by atoms with E-state index >= 15 is 0 Å². The number of alkyl halides is 1. The summed E-state index contributed by atoms with van der Waals surface area (Å²) in [4.78, 5) is 45.1. The molecule has 2 N–H and O–H groups in total. The molecule has 2 aliphatic carbocycles. The standard InChI is InChI=1S/C37H52FN3O6/c38-24-31(39)27-8-10-28(11-9-27)36(43)41-15-13-30(26-5-2-1-3-6-26)35(41)32(42)22-25-7-12-33-29(21-25)23-34(47-33)37(44)46-18-4-14-40-16-19-45-20-17-40/h7,12,21,23,26-28,30-31,35H,1-6,8-11,13-20,22,24,39H2/t27?,28?,30-,31?,35-/m0/s1. The number of amides is 1. The second-order valence-corrected chi connectivity index (χ2v) is 14.3. The Morgan fingerprint density at radius 1 is 0.957 bits per heavy atom. The third-order valence-electron chi connectivity index (χ3n) is 11.3. The Labute approximate surface area is 277 Å². The Morgan fingerprint density at radius 3 is 2.47 bits per heavy atom. The molecular weight excluding hydrogens is 601 g/mol. The first-order valence-electron chi connectivity index (χ1n) is 18.1. The smallest absolute Gasteiger partial charge is 0.374 e. The molecular formula is C37H52FN3O6. The molecule has 4 aliphatic rings. The minimum absolute atomic E-state index is 0.0855. The van der Waals surface area contributed by atoms with E-state index in [4.69, 9.17) is 19.6 Å². The summed E-state index contributed by atoms with van der Waals surface area (Å²) >= 11 is 0. The van der Waals surface area contributed by atoms with Crippen molar-refractivity contribution in [3.8, 4) is 0 Å². The monoisotopic (exact) mass is 653 g/mol. The Bertz CT molecular complexity index is 1360. The van der Waals surface area contributed by atoms with E-state index in [9.17, 15) is 18.8 Å². The summed E-state index contributed by atoms with van der Waals surface area (Å²) in [6.45, 7) is 4.55. The molecule has 9 nitrogen and oxygen atoms in total.